The lowest BCUT2D eigenvalue weighted by Gasteiger charge is -2.47. The van der Waals surface area contributed by atoms with Crippen LogP contribution in [0.1, 0.15) is 109 Å². The van der Waals surface area contributed by atoms with E-state index in [2.05, 4.69) is 193 Å². The maximum absolute atomic E-state index is 2.76. The highest BCUT2D eigenvalue weighted by Gasteiger charge is 2.49. The summed E-state index contributed by atoms with van der Waals surface area (Å²) in [4.78, 5) is 5.48. The summed E-state index contributed by atoms with van der Waals surface area (Å²) in [6.45, 7) is 22.1. The van der Waals surface area contributed by atoms with E-state index in [0.717, 1.165) is 0 Å². The molecule has 302 valence electrons. The topological polar surface area (TPSA) is 6.48 Å². The van der Waals surface area contributed by atoms with Crippen LogP contribution in [0.4, 0.5) is 28.4 Å². The summed E-state index contributed by atoms with van der Waals surface area (Å²) in [6, 6.07) is 47.3. The van der Waals surface area contributed by atoms with Gasteiger partial charge in [-0.3, -0.25) is 0 Å². The molecule has 4 heteroatoms. The summed E-state index contributed by atoms with van der Waals surface area (Å²) < 4.78 is 2.82. The molecule has 12 rings (SSSR count). The second-order valence-electron chi connectivity index (χ2n) is 21.5. The zero-order valence-electron chi connectivity index (χ0n) is 37.3. The summed E-state index contributed by atoms with van der Waals surface area (Å²) in [6.07, 6.45) is 4.78. The number of hydrogen-bond donors (Lipinski definition) is 0. The highest BCUT2D eigenvalue weighted by molar-refractivity contribution is 7.32. The molecule has 2 aliphatic carbocycles. The summed E-state index contributed by atoms with van der Waals surface area (Å²) in [5.41, 5.74) is 18.4. The molecule has 0 atom stereocenters. The van der Waals surface area contributed by atoms with Gasteiger partial charge in [-0.2, -0.15) is 0 Å². The highest BCUT2D eigenvalue weighted by Crippen LogP contribution is 2.57. The predicted molar refractivity (Wildman–Crippen MR) is 266 cm³/mol. The minimum absolute atomic E-state index is 0.0367. The molecule has 1 aromatic heterocycles. The number of rotatable bonds is 2. The smallest absolute Gasteiger partial charge is 0.343 e. The first kappa shape index (κ1) is 37.4. The number of aryl methyl sites for hydroxylation is 1. The summed E-state index contributed by atoms with van der Waals surface area (Å²) >= 11 is 2.05. The van der Waals surface area contributed by atoms with Gasteiger partial charge in [0.1, 0.15) is 0 Å². The molecule has 0 unspecified atom stereocenters. The fourth-order valence-corrected chi connectivity index (χ4v) is 13.4. The summed E-state index contributed by atoms with van der Waals surface area (Å²) in [5, 5.41) is 6.56. The third-order valence-electron chi connectivity index (χ3n) is 15.8. The molecular weight excluding hydrogens is 756 g/mol. The second kappa shape index (κ2) is 12.4. The van der Waals surface area contributed by atoms with Gasteiger partial charge < -0.3 is 9.71 Å². The first-order valence-electron chi connectivity index (χ1n) is 22.6. The lowest BCUT2D eigenvalue weighted by Crippen LogP contribution is -2.60. The maximum atomic E-state index is 2.76. The van der Waals surface area contributed by atoms with Gasteiger partial charge in [-0.15, -0.1) is 11.3 Å². The van der Waals surface area contributed by atoms with E-state index < -0.39 is 0 Å². The van der Waals surface area contributed by atoms with Gasteiger partial charge in [-0.05, 0) is 146 Å². The van der Waals surface area contributed by atoms with E-state index in [1.54, 1.807) is 0 Å². The Kier molecular flexibility index (Phi) is 7.62. The fourth-order valence-electron chi connectivity index (χ4n) is 12.1. The molecule has 0 fully saturated rings. The molecule has 8 aromatic rings. The molecule has 3 heterocycles. The molecule has 7 aromatic carbocycles. The van der Waals surface area contributed by atoms with E-state index in [1.807, 2.05) is 11.3 Å². The number of hydrogen-bond acceptors (Lipinski definition) is 3. The van der Waals surface area contributed by atoms with E-state index in [1.165, 1.54) is 135 Å². The lowest BCUT2D eigenvalue weighted by atomic mass is 9.46. The molecule has 0 radical (unpaired) electrons. The third-order valence-corrected chi connectivity index (χ3v) is 17.0. The highest BCUT2D eigenvalue weighted by atomic mass is 32.1. The number of benzene rings is 7. The summed E-state index contributed by atoms with van der Waals surface area (Å²) in [5.74, 6) is 0. The molecule has 0 bridgehead atoms. The van der Waals surface area contributed by atoms with Gasteiger partial charge in [0, 0.05) is 48.6 Å². The van der Waals surface area contributed by atoms with Crippen LogP contribution < -0.4 is 20.0 Å². The Balaban J connectivity index is 1.28. The first-order chi connectivity index (χ1) is 29.1. The van der Waals surface area contributed by atoms with Crippen molar-refractivity contribution in [3.63, 3.8) is 0 Å². The van der Waals surface area contributed by atoms with Gasteiger partial charge in [-0.1, -0.05) is 140 Å². The van der Waals surface area contributed by atoms with Crippen LogP contribution in [0.2, 0.25) is 0 Å². The number of fused-ring (bicyclic) bond motifs is 12. The third kappa shape index (κ3) is 5.15. The Morgan fingerprint density at radius 3 is 1.77 bits per heavy atom. The van der Waals surface area contributed by atoms with Gasteiger partial charge in [0.25, 0.3) is 0 Å². The minimum Gasteiger partial charge on any atom is -0.375 e. The Morgan fingerprint density at radius 2 is 1.08 bits per heavy atom. The van der Waals surface area contributed by atoms with E-state index >= 15 is 0 Å². The normalized spacial score (nSPS) is 18.7. The van der Waals surface area contributed by atoms with Gasteiger partial charge in [0.05, 0.1) is 5.69 Å². The quantitative estimate of drug-likeness (QED) is 0.161. The van der Waals surface area contributed by atoms with Crippen molar-refractivity contribution in [3.05, 3.63) is 149 Å². The van der Waals surface area contributed by atoms with Gasteiger partial charge >= 0.3 is 6.85 Å². The molecular formula is C57H55BN2S. The van der Waals surface area contributed by atoms with Crippen molar-refractivity contribution in [1.29, 1.82) is 0 Å². The van der Waals surface area contributed by atoms with Crippen LogP contribution in [-0.2, 0) is 21.7 Å². The zero-order valence-corrected chi connectivity index (χ0v) is 38.1. The number of anilines is 5. The van der Waals surface area contributed by atoms with Crippen LogP contribution in [0.3, 0.4) is 0 Å². The van der Waals surface area contributed by atoms with Gasteiger partial charge in [0.15, 0.2) is 0 Å². The molecule has 0 saturated carbocycles. The van der Waals surface area contributed by atoms with Crippen molar-refractivity contribution < 1.29 is 0 Å². The van der Waals surface area contributed by atoms with Crippen LogP contribution in [-0.4, -0.2) is 6.85 Å². The largest absolute Gasteiger partial charge is 0.375 e. The fraction of sp³-hybridized carbons (Fsp3) is 0.298. The van der Waals surface area contributed by atoms with Gasteiger partial charge in [0.2, 0.25) is 0 Å². The van der Waals surface area contributed by atoms with Crippen LogP contribution in [0.5, 0.6) is 0 Å². The van der Waals surface area contributed by atoms with Crippen molar-refractivity contribution in [1.82, 2.24) is 0 Å². The van der Waals surface area contributed by atoms with E-state index in [9.17, 15) is 0 Å². The average molecular weight is 811 g/mol. The monoisotopic (exact) mass is 810 g/mol. The lowest BCUT2D eigenvalue weighted by molar-refractivity contribution is 0.332. The number of nitrogens with zero attached hydrogens (tertiary/aromatic N) is 2. The molecule has 2 aliphatic heterocycles. The van der Waals surface area contributed by atoms with Crippen molar-refractivity contribution in [2.24, 2.45) is 0 Å². The minimum atomic E-state index is -0.0367. The van der Waals surface area contributed by atoms with Gasteiger partial charge in [-0.25, -0.2) is 0 Å². The molecule has 0 amide bonds. The van der Waals surface area contributed by atoms with Crippen LogP contribution in [0.15, 0.2) is 121 Å². The van der Waals surface area contributed by atoms with E-state index in [0.29, 0.717) is 0 Å². The van der Waals surface area contributed by atoms with E-state index in [-0.39, 0.29) is 28.5 Å². The SMILES string of the molecule is Cc1cc2c(cc1N1c3cc4ccccc4c4c3B(c3sc5cc6c(cc5c31)C(C)(C)CCC6(C)C)N(c1ccccc1)c1c-4ccc3ccccc13)C(C)(C)CCC2(C)C. The Hall–Kier alpha value is -5.32. The van der Waals surface area contributed by atoms with Crippen LogP contribution >= 0.6 is 11.3 Å². The summed E-state index contributed by atoms with van der Waals surface area (Å²) in [7, 11) is 0. The Bertz CT molecular complexity index is 3180. The van der Waals surface area contributed by atoms with Crippen molar-refractivity contribution >= 4 is 88.5 Å². The van der Waals surface area contributed by atoms with E-state index in [4.69, 9.17) is 0 Å². The average Bonchev–Trinajstić information content (AvgIpc) is 3.62. The molecule has 0 N–H and O–H groups in total. The van der Waals surface area contributed by atoms with Crippen molar-refractivity contribution in [2.45, 2.75) is 110 Å². The Morgan fingerprint density at radius 1 is 0.508 bits per heavy atom. The maximum Gasteiger partial charge on any atom is 0.343 e. The molecule has 0 spiro atoms. The second-order valence-corrected chi connectivity index (χ2v) is 22.5. The first-order valence-corrected chi connectivity index (χ1v) is 23.5. The standard InChI is InChI=1S/C57H55BN2S/c1-34-29-42-44(56(6,7)27-25-54(42,2)3)32-46(34)59-47-30-36-18-14-15-21-38(36)49-40-24-23-35-17-13-16-22-39(35)51(40)60(37-19-11-10-12-20-37)58(50(47)49)53-52(59)41-31-43-45(33-48(41)61-53)57(8,9)28-26-55(43,4)5/h10-24,29-33H,25-28H2,1-9H3. The molecule has 0 saturated heterocycles. The van der Waals surface area contributed by atoms with Crippen molar-refractivity contribution in [2.75, 3.05) is 9.71 Å². The van der Waals surface area contributed by atoms with Crippen LogP contribution in [0.25, 0.3) is 42.8 Å². The number of para-hydroxylation sites is 1. The zero-order chi connectivity index (χ0) is 42.0. The molecule has 2 nitrogen and oxygen atoms in total. The van der Waals surface area contributed by atoms with Crippen molar-refractivity contribution in [3.8, 4) is 11.1 Å². The molecule has 61 heavy (non-hydrogen) atoms. The molecule has 4 aliphatic rings. The number of thiophene rings is 1. The Labute approximate surface area is 366 Å². The predicted octanol–water partition coefficient (Wildman–Crippen LogP) is 14.9. The van der Waals surface area contributed by atoms with Crippen LogP contribution in [0, 0.1) is 6.92 Å².